The average Bonchev–Trinajstić information content (AvgIpc) is 3.02. The Hall–Kier alpha value is -2.22. The van der Waals surface area contributed by atoms with E-state index in [0.717, 1.165) is 11.3 Å². The summed E-state index contributed by atoms with van der Waals surface area (Å²) in [6, 6.07) is 10.4. The van der Waals surface area contributed by atoms with Gasteiger partial charge in [0.15, 0.2) is 0 Å². The summed E-state index contributed by atoms with van der Waals surface area (Å²) in [5.41, 5.74) is 8.64. The number of rotatable bonds is 4. The van der Waals surface area contributed by atoms with Crippen molar-refractivity contribution in [1.82, 2.24) is 9.55 Å². The number of nitrogens with one attached hydrogen (secondary N) is 2. The number of halogens is 3. The SMILES string of the molecule is CC(C)n1cc(-c2cccc(NC(=O)Nc3cc(Cl)c(Br)c(Cl)c3)c2)nc1N. The fourth-order valence-corrected chi connectivity index (χ4v) is 3.35. The van der Waals surface area contributed by atoms with Crippen LogP contribution >= 0.6 is 39.1 Å². The first-order valence-corrected chi connectivity index (χ1v) is 9.97. The third-order valence-corrected chi connectivity index (χ3v) is 5.88. The van der Waals surface area contributed by atoms with Gasteiger partial charge in [0.25, 0.3) is 0 Å². The highest BCUT2D eigenvalue weighted by atomic mass is 79.9. The number of anilines is 3. The third-order valence-electron chi connectivity index (χ3n) is 3.98. The van der Waals surface area contributed by atoms with E-state index in [-0.39, 0.29) is 6.04 Å². The molecule has 0 bridgehead atoms. The highest BCUT2D eigenvalue weighted by Crippen LogP contribution is 2.33. The minimum Gasteiger partial charge on any atom is -0.369 e. The van der Waals surface area contributed by atoms with Gasteiger partial charge in [0.05, 0.1) is 20.2 Å². The van der Waals surface area contributed by atoms with Crippen LogP contribution in [0.15, 0.2) is 47.1 Å². The lowest BCUT2D eigenvalue weighted by atomic mass is 10.1. The maximum absolute atomic E-state index is 12.3. The molecule has 2 aromatic carbocycles. The van der Waals surface area contributed by atoms with Crippen molar-refractivity contribution in [3.8, 4) is 11.3 Å². The number of urea groups is 1. The lowest BCUT2D eigenvalue weighted by molar-refractivity contribution is 0.262. The van der Waals surface area contributed by atoms with Crippen LogP contribution in [0.5, 0.6) is 0 Å². The van der Waals surface area contributed by atoms with Gasteiger partial charge in [0, 0.05) is 29.2 Å². The Morgan fingerprint density at radius 2 is 1.79 bits per heavy atom. The Morgan fingerprint density at radius 1 is 1.14 bits per heavy atom. The van der Waals surface area contributed by atoms with Crippen LogP contribution in [-0.2, 0) is 0 Å². The smallest absolute Gasteiger partial charge is 0.323 e. The number of aromatic nitrogens is 2. The van der Waals surface area contributed by atoms with Crippen molar-refractivity contribution in [3.63, 3.8) is 0 Å². The molecule has 1 aromatic heterocycles. The normalized spacial score (nSPS) is 10.9. The van der Waals surface area contributed by atoms with Crippen LogP contribution < -0.4 is 16.4 Å². The van der Waals surface area contributed by atoms with Crippen molar-refractivity contribution < 1.29 is 4.79 Å². The van der Waals surface area contributed by atoms with Gasteiger partial charge in [-0.2, -0.15) is 0 Å². The molecule has 9 heteroatoms. The minimum atomic E-state index is -0.418. The number of hydrogen-bond acceptors (Lipinski definition) is 3. The van der Waals surface area contributed by atoms with Crippen molar-refractivity contribution in [2.24, 2.45) is 0 Å². The fraction of sp³-hybridized carbons (Fsp3) is 0.158. The van der Waals surface area contributed by atoms with Crippen molar-refractivity contribution in [2.45, 2.75) is 19.9 Å². The van der Waals surface area contributed by atoms with E-state index in [4.69, 9.17) is 28.9 Å². The zero-order valence-electron chi connectivity index (χ0n) is 15.1. The Morgan fingerprint density at radius 3 is 2.39 bits per heavy atom. The summed E-state index contributed by atoms with van der Waals surface area (Å²) in [5, 5.41) is 6.30. The van der Waals surface area contributed by atoms with Gasteiger partial charge in [0.2, 0.25) is 5.95 Å². The number of nitrogen functional groups attached to an aromatic ring is 1. The molecule has 0 atom stereocenters. The minimum absolute atomic E-state index is 0.206. The Bertz CT molecular complexity index is 1010. The molecule has 0 unspecified atom stereocenters. The number of nitrogens with zero attached hydrogens (tertiary/aromatic N) is 2. The summed E-state index contributed by atoms with van der Waals surface area (Å²) in [5.74, 6) is 0.449. The number of nitrogens with two attached hydrogens (primary N) is 1. The van der Waals surface area contributed by atoms with Crippen molar-refractivity contribution >= 4 is 62.5 Å². The molecule has 0 radical (unpaired) electrons. The molecular formula is C19H18BrCl2N5O. The Balaban J connectivity index is 1.76. The molecule has 146 valence electrons. The zero-order valence-corrected chi connectivity index (χ0v) is 18.2. The van der Waals surface area contributed by atoms with Crippen LogP contribution in [0.4, 0.5) is 22.1 Å². The second-order valence-electron chi connectivity index (χ2n) is 6.40. The van der Waals surface area contributed by atoms with E-state index in [2.05, 4.69) is 31.5 Å². The predicted molar refractivity (Wildman–Crippen MR) is 119 cm³/mol. The molecule has 0 aliphatic heterocycles. The molecule has 1 heterocycles. The molecule has 0 aliphatic rings. The van der Waals surface area contributed by atoms with Crippen molar-refractivity contribution in [3.05, 3.63) is 57.1 Å². The molecule has 0 aliphatic carbocycles. The molecule has 4 N–H and O–H groups in total. The van der Waals surface area contributed by atoms with E-state index < -0.39 is 6.03 Å². The van der Waals surface area contributed by atoms with Gasteiger partial charge < -0.3 is 20.9 Å². The first kappa shape index (κ1) is 20.5. The van der Waals surface area contributed by atoms with E-state index in [1.54, 1.807) is 18.2 Å². The summed E-state index contributed by atoms with van der Waals surface area (Å²) in [7, 11) is 0. The molecule has 3 aromatic rings. The van der Waals surface area contributed by atoms with Crippen LogP contribution in [0.2, 0.25) is 10.0 Å². The maximum atomic E-state index is 12.3. The molecule has 2 amide bonds. The van der Waals surface area contributed by atoms with Crippen LogP contribution in [0.3, 0.4) is 0 Å². The van der Waals surface area contributed by atoms with Crippen LogP contribution in [0, 0.1) is 0 Å². The Labute approximate surface area is 181 Å². The number of benzene rings is 2. The van der Waals surface area contributed by atoms with Crippen molar-refractivity contribution in [2.75, 3.05) is 16.4 Å². The predicted octanol–water partition coefficient (Wildman–Crippen LogP) is 6.43. The monoisotopic (exact) mass is 481 g/mol. The molecule has 0 fully saturated rings. The van der Waals surface area contributed by atoms with E-state index in [1.807, 2.05) is 42.8 Å². The van der Waals surface area contributed by atoms with Crippen molar-refractivity contribution in [1.29, 1.82) is 0 Å². The zero-order chi connectivity index (χ0) is 20.4. The number of carbonyl (C=O) groups excluding carboxylic acids is 1. The highest BCUT2D eigenvalue weighted by molar-refractivity contribution is 9.10. The van der Waals surface area contributed by atoms with Gasteiger partial charge in [-0.3, -0.25) is 0 Å². The molecule has 6 nitrogen and oxygen atoms in total. The average molecular weight is 483 g/mol. The summed E-state index contributed by atoms with van der Waals surface area (Å²) >= 11 is 15.4. The van der Waals surface area contributed by atoms with Crippen LogP contribution in [-0.4, -0.2) is 15.6 Å². The number of amides is 2. The molecule has 0 spiro atoms. The topological polar surface area (TPSA) is 85.0 Å². The summed E-state index contributed by atoms with van der Waals surface area (Å²) in [6.45, 7) is 4.07. The summed E-state index contributed by atoms with van der Waals surface area (Å²) in [4.78, 5) is 16.7. The van der Waals surface area contributed by atoms with Gasteiger partial charge in [-0.25, -0.2) is 9.78 Å². The molecule has 3 rings (SSSR count). The van der Waals surface area contributed by atoms with Gasteiger partial charge in [-0.05, 0) is 54.0 Å². The van der Waals surface area contributed by atoms with Gasteiger partial charge >= 0.3 is 6.03 Å². The molecule has 0 saturated heterocycles. The fourth-order valence-electron chi connectivity index (χ4n) is 2.64. The first-order chi connectivity index (χ1) is 13.2. The highest BCUT2D eigenvalue weighted by Gasteiger charge is 2.11. The van der Waals surface area contributed by atoms with E-state index in [9.17, 15) is 4.79 Å². The number of carbonyl (C=O) groups is 1. The second-order valence-corrected chi connectivity index (χ2v) is 8.01. The number of hydrogen-bond donors (Lipinski definition) is 3. The largest absolute Gasteiger partial charge is 0.369 e. The Kier molecular flexibility index (Phi) is 6.17. The van der Waals surface area contributed by atoms with E-state index >= 15 is 0 Å². The number of imidazole rings is 1. The second kappa shape index (κ2) is 8.43. The maximum Gasteiger partial charge on any atom is 0.323 e. The van der Waals surface area contributed by atoms with E-state index in [0.29, 0.717) is 31.8 Å². The molecule has 0 saturated carbocycles. The lowest BCUT2D eigenvalue weighted by Crippen LogP contribution is -2.19. The first-order valence-electron chi connectivity index (χ1n) is 8.42. The lowest BCUT2D eigenvalue weighted by Gasteiger charge is -2.10. The standard InChI is InChI=1S/C19H18BrCl2N5O/c1-10(2)27-9-16(26-18(27)23)11-4-3-5-12(6-11)24-19(28)25-13-7-14(21)17(20)15(22)8-13/h3-10H,1-2H3,(H2,23,26)(H2,24,25,28). The molecule has 28 heavy (non-hydrogen) atoms. The summed E-state index contributed by atoms with van der Waals surface area (Å²) in [6.07, 6.45) is 1.89. The van der Waals surface area contributed by atoms with Gasteiger partial charge in [-0.1, -0.05) is 35.3 Å². The van der Waals surface area contributed by atoms with Crippen LogP contribution in [0.1, 0.15) is 19.9 Å². The molecular weight excluding hydrogens is 465 g/mol. The van der Waals surface area contributed by atoms with E-state index in [1.165, 1.54) is 0 Å². The van der Waals surface area contributed by atoms with Crippen LogP contribution in [0.25, 0.3) is 11.3 Å². The van der Waals surface area contributed by atoms with Gasteiger partial charge in [-0.15, -0.1) is 0 Å². The third kappa shape index (κ3) is 4.60. The summed E-state index contributed by atoms with van der Waals surface area (Å²) < 4.78 is 2.47. The van der Waals surface area contributed by atoms with Gasteiger partial charge in [0.1, 0.15) is 0 Å². The quantitative estimate of drug-likeness (QED) is 0.374.